The Bertz CT molecular complexity index is 492. The summed E-state index contributed by atoms with van der Waals surface area (Å²) >= 11 is 6.23. The van der Waals surface area contributed by atoms with Gasteiger partial charge >= 0.3 is 0 Å². The van der Waals surface area contributed by atoms with Crippen molar-refractivity contribution in [1.29, 1.82) is 0 Å². The van der Waals surface area contributed by atoms with Crippen LogP contribution in [0, 0.1) is 6.92 Å². The Labute approximate surface area is 101 Å². The minimum Gasteiger partial charge on any atom is -0.264 e. The number of rotatable bonds is 2. The van der Waals surface area contributed by atoms with E-state index in [4.69, 9.17) is 11.6 Å². The molecular formula is C14H14ClN. The minimum atomic E-state index is 0.840. The summed E-state index contributed by atoms with van der Waals surface area (Å²) in [6, 6.07) is 8.19. The molecule has 1 nitrogen and oxygen atoms in total. The number of benzene rings is 1. The molecule has 0 unspecified atom stereocenters. The van der Waals surface area contributed by atoms with Crippen LogP contribution in [0.5, 0.6) is 0 Å². The molecule has 0 amide bonds. The fourth-order valence-electron chi connectivity index (χ4n) is 1.85. The SMILES string of the molecule is CCc1cc(C)c(-c2cccnc2)cc1Cl. The van der Waals surface area contributed by atoms with E-state index in [0.717, 1.165) is 22.6 Å². The lowest BCUT2D eigenvalue weighted by molar-refractivity contribution is 1.13. The largest absolute Gasteiger partial charge is 0.264 e. The van der Waals surface area contributed by atoms with Crippen molar-refractivity contribution in [1.82, 2.24) is 4.98 Å². The van der Waals surface area contributed by atoms with E-state index in [-0.39, 0.29) is 0 Å². The van der Waals surface area contributed by atoms with Crippen LogP contribution >= 0.6 is 11.6 Å². The van der Waals surface area contributed by atoms with Gasteiger partial charge in [-0.1, -0.05) is 30.7 Å². The van der Waals surface area contributed by atoms with Gasteiger partial charge in [0.15, 0.2) is 0 Å². The van der Waals surface area contributed by atoms with E-state index in [1.54, 1.807) is 6.20 Å². The highest BCUT2D eigenvalue weighted by molar-refractivity contribution is 6.31. The Kier molecular flexibility index (Phi) is 3.25. The summed E-state index contributed by atoms with van der Waals surface area (Å²) in [5, 5.41) is 0.840. The number of pyridine rings is 1. The van der Waals surface area contributed by atoms with E-state index in [0.29, 0.717) is 0 Å². The molecule has 2 rings (SSSR count). The highest BCUT2D eigenvalue weighted by Gasteiger charge is 2.06. The molecule has 0 radical (unpaired) electrons. The third kappa shape index (κ3) is 2.10. The summed E-state index contributed by atoms with van der Waals surface area (Å²) in [6.45, 7) is 4.22. The highest BCUT2D eigenvalue weighted by Crippen LogP contribution is 2.29. The molecule has 0 fully saturated rings. The molecule has 2 aromatic rings. The molecule has 1 aromatic carbocycles. The third-order valence-electron chi connectivity index (χ3n) is 2.75. The van der Waals surface area contributed by atoms with E-state index in [9.17, 15) is 0 Å². The topological polar surface area (TPSA) is 12.9 Å². The van der Waals surface area contributed by atoms with E-state index in [1.807, 2.05) is 18.3 Å². The average Bonchev–Trinajstić information content (AvgIpc) is 2.32. The van der Waals surface area contributed by atoms with E-state index in [1.165, 1.54) is 11.1 Å². The quantitative estimate of drug-likeness (QED) is 0.752. The lowest BCUT2D eigenvalue weighted by atomic mass is 9.99. The fraction of sp³-hybridized carbons (Fsp3) is 0.214. The van der Waals surface area contributed by atoms with Crippen molar-refractivity contribution in [3.8, 4) is 11.1 Å². The van der Waals surface area contributed by atoms with Gasteiger partial charge in [-0.05, 0) is 42.2 Å². The van der Waals surface area contributed by atoms with Crippen molar-refractivity contribution in [2.75, 3.05) is 0 Å². The van der Waals surface area contributed by atoms with Crippen LogP contribution < -0.4 is 0 Å². The Hall–Kier alpha value is -1.34. The summed E-state index contributed by atoms with van der Waals surface area (Å²) < 4.78 is 0. The number of halogens is 1. The molecule has 0 spiro atoms. The van der Waals surface area contributed by atoms with Crippen molar-refractivity contribution < 1.29 is 0 Å². The van der Waals surface area contributed by atoms with Crippen LogP contribution in [0.25, 0.3) is 11.1 Å². The second-order valence-corrected chi connectivity index (χ2v) is 4.26. The van der Waals surface area contributed by atoms with Gasteiger partial charge in [0.25, 0.3) is 0 Å². The average molecular weight is 232 g/mol. The van der Waals surface area contributed by atoms with Crippen LogP contribution in [-0.2, 0) is 6.42 Å². The van der Waals surface area contributed by atoms with Crippen molar-refractivity contribution >= 4 is 11.6 Å². The van der Waals surface area contributed by atoms with Gasteiger partial charge in [0.1, 0.15) is 0 Å². The maximum atomic E-state index is 6.23. The predicted molar refractivity (Wildman–Crippen MR) is 68.8 cm³/mol. The van der Waals surface area contributed by atoms with Crippen molar-refractivity contribution in [3.63, 3.8) is 0 Å². The maximum absolute atomic E-state index is 6.23. The lowest BCUT2D eigenvalue weighted by Crippen LogP contribution is -1.89. The zero-order valence-corrected chi connectivity index (χ0v) is 10.3. The number of aromatic nitrogens is 1. The first-order valence-electron chi connectivity index (χ1n) is 5.41. The third-order valence-corrected chi connectivity index (χ3v) is 3.10. The van der Waals surface area contributed by atoms with Crippen LogP contribution in [0.3, 0.4) is 0 Å². The molecule has 0 atom stereocenters. The van der Waals surface area contributed by atoms with Crippen LogP contribution in [0.1, 0.15) is 18.1 Å². The molecule has 0 aliphatic carbocycles. The first kappa shape index (κ1) is 11.2. The first-order valence-corrected chi connectivity index (χ1v) is 5.79. The van der Waals surface area contributed by atoms with Gasteiger partial charge in [-0.2, -0.15) is 0 Å². The standard InChI is InChI=1S/C14H14ClN/c1-3-11-7-10(2)13(8-14(11)15)12-5-4-6-16-9-12/h4-9H,3H2,1-2H3. The molecule has 16 heavy (non-hydrogen) atoms. The molecule has 2 heteroatoms. The molecule has 1 aromatic heterocycles. The fourth-order valence-corrected chi connectivity index (χ4v) is 2.14. The van der Waals surface area contributed by atoms with Crippen LogP contribution in [0.15, 0.2) is 36.7 Å². The number of nitrogens with zero attached hydrogens (tertiary/aromatic N) is 1. The van der Waals surface area contributed by atoms with Gasteiger partial charge in [-0.25, -0.2) is 0 Å². The molecule has 0 bridgehead atoms. The molecule has 82 valence electrons. The van der Waals surface area contributed by atoms with Gasteiger partial charge < -0.3 is 0 Å². The highest BCUT2D eigenvalue weighted by atomic mass is 35.5. The van der Waals surface area contributed by atoms with Gasteiger partial charge in [0.2, 0.25) is 0 Å². The molecular weight excluding hydrogens is 218 g/mol. The van der Waals surface area contributed by atoms with Gasteiger partial charge in [-0.3, -0.25) is 4.98 Å². The summed E-state index contributed by atoms with van der Waals surface area (Å²) in [5.74, 6) is 0. The van der Waals surface area contributed by atoms with Gasteiger partial charge in [0.05, 0.1) is 0 Å². The first-order chi connectivity index (χ1) is 7.72. The van der Waals surface area contributed by atoms with Crippen molar-refractivity contribution in [2.24, 2.45) is 0 Å². The van der Waals surface area contributed by atoms with E-state index >= 15 is 0 Å². The minimum absolute atomic E-state index is 0.840. The predicted octanol–water partition coefficient (Wildman–Crippen LogP) is 4.27. The van der Waals surface area contributed by atoms with Crippen LogP contribution in [0.4, 0.5) is 0 Å². The lowest BCUT2D eigenvalue weighted by Gasteiger charge is -2.09. The van der Waals surface area contributed by atoms with Crippen LogP contribution in [0.2, 0.25) is 5.02 Å². The molecule has 1 heterocycles. The Morgan fingerprint density at radius 1 is 1.31 bits per heavy atom. The zero-order valence-electron chi connectivity index (χ0n) is 9.50. The Balaban J connectivity index is 2.55. The second kappa shape index (κ2) is 4.67. The second-order valence-electron chi connectivity index (χ2n) is 3.85. The maximum Gasteiger partial charge on any atom is 0.0444 e. The number of aryl methyl sites for hydroxylation is 2. The van der Waals surface area contributed by atoms with E-state index < -0.39 is 0 Å². The molecule has 0 N–H and O–H groups in total. The van der Waals surface area contributed by atoms with Gasteiger partial charge in [-0.15, -0.1) is 0 Å². The molecule has 0 aliphatic heterocycles. The normalized spacial score (nSPS) is 10.4. The molecule has 0 saturated carbocycles. The zero-order chi connectivity index (χ0) is 11.5. The summed E-state index contributed by atoms with van der Waals surface area (Å²) in [4.78, 5) is 4.13. The van der Waals surface area contributed by atoms with Gasteiger partial charge in [0, 0.05) is 23.0 Å². The summed E-state index contributed by atoms with van der Waals surface area (Å²) in [5.41, 5.74) is 4.72. The smallest absolute Gasteiger partial charge is 0.0444 e. The van der Waals surface area contributed by atoms with Crippen LogP contribution in [-0.4, -0.2) is 4.98 Å². The van der Waals surface area contributed by atoms with Crippen molar-refractivity contribution in [3.05, 3.63) is 52.8 Å². The molecule has 0 aliphatic rings. The molecule has 0 saturated heterocycles. The van der Waals surface area contributed by atoms with Crippen molar-refractivity contribution in [2.45, 2.75) is 20.3 Å². The number of hydrogen-bond acceptors (Lipinski definition) is 1. The Morgan fingerprint density at radius 3 is 2.75 bits per heavy atom. The van der Waals surface area contributed by atoms with E-state index in [2.05, 4.69) is 31.0 Å². The Morgan fingerprint density at radius 2 is 2.12 bits per heavy atom. The number of hydrogen-bond donors (Lipinski definition) is 0. The summed E-state index contributed by atoms with van der Waals surface area (Å²) in [7, 11) is 0. The monoisotopic (exact) mass is 231 g/mol. The summed E-state index contributed by atoms with van der Waals surface area (Å²) in [6.07, 6.45) is 4.61.